The Morgan fingerprint density at radius 3 is 2.41 bits per heavy atom. The fourth-order valence-corrected chi connectivity index (χ4v) is 2.92. The fourth-order valence-electron chi connectivity index (χ4n) is 1.64. The Hall–Kier alpha value is -1.72. The third kappa shape index (κ3) is 4.64. The van der Waals surface area contributed by atoms with Crippen molar-refractivity contribution in [2.75, 3.05) is 20.1 Å². The van der Waals surface area contributed by atoms with Crippen LogP contribution < -0.4 is 10.0 Å². The van der Waals surface area contributed by atoms with Crippen molar-refractivity contribution in [2.24, 2.45) is 0 Å². The topological polar surface area (TPSA) is 101 Å². The predicted molar refractivity (Wildman–Crippen MR) is 71.8 cm³/mol. The van der Waals surface area contributed by atoms with Crippen molar-refractivity contribution in [1.29, 1.82) is 0 Å². The predicted octanol–water partition coefficient (Wildman–Crippen LogP) is 1.50. The smallest absolute Gasteiger partial charge is 0.320 e. The third-order valence-electron chi connectivity index (χ3n) is 2.66. The summed E-state index contributed by atoms with van der Waals surface area (Å²) in [6, 6.07) is 1.51. The molecule has 124 valence electrons. The summed E-state index contributed by atoms with van der Waals surface area (Å²) in [5.74, 6) is 0. The highest BCUT2D eigenvalue weighted by Gasteiger charge is 2.38. The number of nitro benzene ring substituents is 1. The van der Waals surface area contributed by atoms with Crippen LogP contribution in [0.1, 0.15) is 12.0 Å². The lowest BCUT2D eigenvalue weighted by atomic mass is 10.2. The van der Waals surface area contributed by atoms with Crippen molar-refractivity contribution in [3.8, 4) is 0 Å². The number of benzene rings is 1. The number of hydrogen-bond acceptors (Lipinski definition) is 5. The van der Waals surface area contributed by atoms with Crippen molar-refractivity contribution in [1.82, 2.24) is 10.0 Å². The molecule has 0 atom stereocenters. The molecule has 0 unspecified atom stereocenters. The van der Waals surface area contributed by atoms with Crippen LogP contribution in [0.5, 0.6) is 0 Å². The number of nitro groups is 1. The van der Waals surface area contributed by atoms with Gasteiger partial charge in [-0.25, -0.2) is 13.1 Å². The lowest BCUT2D eigenvalue weighted by Crippen LogP contribution is -2.28. The number of rotatable bonds is 7. The summed E-state index contributed by atoms with van der Waals surface area (Å²) in [5.41, 5.74) is -2.40. The molecule has 7 nitrogen and oxygen atoms in total. The lowest BCUT2D eigenvalue weighted by molar-refractivity contribution is -0.385. The highest BCUT2D eigenvalue weighted by atomic mass is 32.2. The van der Waals surface area contributed by atoms with Crippen molar-refractivity contribution in [2.45, 2.75) is 17.5 Å². The van der Waals surface area contributed by atoms with E-state index >= 15 is 0 Å². The van der Waals surface area contributed by atoms with Gasteiger partial charge in [0.1, 0.15) is 0 Å². The van der Waals surface area contributed by atoms with Gasteiger partial charge in [-0.1, -0.05) is 0 Å². The minimum Gasteiger partial charge on any atom is -0.320 e. The standard InChI is InChI=1S/C11H14F3N3O4S/c1-15-5-2-6-16-22(20,21)10-4-3-8(17(18)19)7-9(10)11(12,13)14/h3-4,7,15-16H,2,5-6H2,1H3. The van der Waals surface area contributed by atoms with Crippen LogP contribution in [0.15, 0.2) is 23.1 Å². The van der Waals surface area contributed by atoms with Gasteiger partial charge in [0.15, 0.2) is 0 Å². The summed E-state index contributed by atoms with van der Waals surface area (Å²) >= 11 is 0. The average Bonchev–Trinajstić information content (AvgIpc) is 2.42. The zero-order valence-corrected chi connectivity index (χ0v) is 12.3. The Balaban J connectivity index is 3.20. The van der Waals surface area contributed by atoms with Gasteiger partial charge in [0, 0.05) is 18.7 Å². The molecular formula is C11H14F3N3O4S. The van der Waals surface area contributed by atoms with Crippen LogP contribution in [-0.2, 0) is 16.2 Å². The van der Waals surface area contributed by atoms with Crippen molar-refractivity contribution < 1.29 is 26.5 Å². The SMILES string of the molecule is CNCCCNS(=O)(=O)c1ccc([N+](=O)[O-])cc1C(F)(F)F. The molecule has 0 spiro atoms. The summed E-state index contributed by atoms with van der Waals surface area (Å²) < 4.78 is 64.7. The van der Waals surface area contributed by atoms with E-state index in [4.69, 9.17) is 0 Å². The van der Waals surface area contributed by atoms with E-state index in [1.54, 1.807) is 7.05 Å². The number of hydrogen-bond donors (Lipinski definition) is 2. The normalized spacial score (nSPS) is 12.4. The van der Waals surface area contributed by atoms with E-state index in [1.807, 2.05) is 4.72 Å². The molecule has 0 aliphatic rings. The van der Waals surface area contributed by atoms with E-state index in [9.17, 15) is 31.7 Å². The molecular weight excluding hydrogens is 327 g/mol. The quantitative estimate of drug-likeness (QED) is 0.445. The van der Waals surface area contributed by atoms with E-state index in [1.165, 1.54) is 0 Å². The van der Waals surface area contributed by atoms with Gasteiger partial charge in [0.25, 0.3) is 5.69 Å². The van der Waals surface area contributed by atoms with E-state index < -0.39 is 37.3 Å². The van der Waals surface area contributed by atoms with Crippen LogP contribution in [0, 0.1) is 10.1 Å². The molecule has 11 heteroatoms. The number of nitrogens with zero attached hydrogens (tertiary/aromatic N) is 1. The Morgan fingerprint density at radius 1 is 1.27 bits per heavy atom. The van der Waals surface area contributed by atoms with E-state index in [0.717, 1.165) is 6.07 Å². The van der Waals surface area contributed by atoms with Crippen LogP contribution in [0.4, 0.5) is 18.9 Å². The van der Waals surface area contributed by atoms with E-state index in [-0.39, 0.29) is 12.6 Å². The van der Waals surface area contributed by atoms with Crippen LogP contribution in [-0.4, -0.2) is 33.5 Å². The molecule has 0 aliphatic carbocycles. The molecule has 0 aromatic heterocycles. The minimum absolute atomic E-state index is 0.0581. The molecule has 0 fully saturated rings. The van der Waals surface area contributed by atoms with Crippen molar-refractivity contribution in [3.05, 3.63) is 33.9 Å². The molecule has 0 aliphatic heterocycles. The van der Waals surface area contributed by atoms with E-state index in [2.05, 4.69) is 5.32 Å². The second-order valence-corrected chi connectivity index (χ2v) is 6.03. The van der Waals surface area contributed by atoms with Gasteiger partial charge in [-0.2, -0.15) is 13.2 Å². The van der Waals surface area contributed by atoms with Crippen LogP contribution >= 0.6 is 0 Å². The summed E-state index contributed by atoms with van der Waals surface area (Å²) in [5, 5.41) is 13.3. The van der Waals surface area contributed by atoms with E-state index in [0.29, 0.717) is 19.0 Å². The summed E-state index contributed by atoms with van der Waals surface area (Å²) in [4.78, 5) is 8.50. The third-order valence-corrected chi connectivity index (χ3v) is 4.18. The number of alkyl halides is 3. The second-order valence-electron chi connectivity index (χ2n) is 4.29. The number of nitrogens with one attached hydrogen (secondary N) is 2. The van der Waals surface area contributed by atoms with Gasteiger partial charge >= 0.3 is 6.18 Å². The minimum atomic E-state index is -5.03. The molecule has 1 rings (SSSR count). The van der Waals surface area contributed by atoms with Gasteiger partial charge in [0.05, 0.1) is 15.4 Å². The fraction of sp³-hybridized carbons (Fsp3) is 0.455. The Labute approximate surface area is 124 Å². The maximum atomic E-state index is 12.9. The molecule has 1 aromatic rings. The first-order valence-corrected chi connectivity index (χ1v) is 7.58. The van der Waals surface area contributed by atoms with Crippen molar-refractivity contribution in [3.63, 3.8) is 0 Å². The summed E-state index contributed by atoms with van der Waals surface area (Å²) in [7, 11) is -2.77. The highest BCUT2D eigenvalue weighted by Crippen LogP contribution is 2.36. The van der Waals surface area contributed by atoms with Gasteiger partial charge in [0.2, 0.25) is 10.0 Å². The molecule has 0 heterocycles. The number of sulfonamides is 1. The van der Waals surface area contributed by atoms with Crippen LogP contribution in [0.3, 0.4) is 0 Å². The zero-order valence-electron chi connectivity index (χ0n) is 11.5. The van der Waals surface area contributed by atoms with Gasteiger partial charge in [-0.15, -0.1) is 0 Å². The van der Waals surface area contributed by atoms with Gasteiger partial charge < -0.3 is 5.32 Å². The summed E-state index contributed by atoms with van der Waals surface area (Å²) in [6.07, 6.45) is -4.65. The molecule has 0 bridgehead atoms. The van der Waals surface area contributed by atoms with Crippen LogP contribution in [0.2, 0.25) is 0 Å². The largest absolute Gasteiger partial charge is 0.417 e. The lowest BCUT2D eigenvalue weighted by Gasteiger charge is -2.13. The molecule has 1 aromatic carbocycles. The first-order valence-electron chi connectivity index (χ1n) is 6.09. The average molecular weight is 341 g/mol. The first-order chi connectivity index (χ1) is 10.1. The maximum Gasteiger partial charge on any atom is 0.417 e. The number of halogens is 3. The maximum absolute atomic E-state index is 12.9. The monoisotopic (exact) mass is 341 g/mol. The van der Waals surface area contributed by atoms with Crippen molar-refractivity contribution >= 4 is 15.7 Å². The van der Waals surface area contributed by atoms with Gasteiger partial charge in [-0.05, 0) is 26.1 Å². The molecule has 22 heavy (non-hydrogen) atoms. The first kappa shape index (κ1) is 18.3. The molecule has 0 saturated carbocycles. The molecule has 2 N–H and O–H groups in total. The molecule has 0 amide bonds. The molecule has 0 radical (unpaired) electrons. The highest BCUT2D eigenvalue weighted by molar-refractivity contribution is 7.89. The Morgan fingerprint density at radius 2 is 1.91 bits per heavy atom. The summed E-state index contributed by atoms with van der Waals surface area (Å²) in [6.45, 7) is 0.423. The Kier molecular flexibility index (Phi) is 5.85. The second kappa shape index (κ2) is 7.03. The van der Waals surface area contributed by atoms with Crippen LogP contribution in [0.25, 0.3) is 0 Å². The Bertz CT molecular complexity index is 646. The molecule has 0 saturated heterocycles. The zero-order chi connectivity index (χ0) is 17.0. The number of non-ortho nitro benzene ring substituents is 1. The van der Waals surface area contributed by atoms with Gasteiger partial charge in [-0.3, -0.25) is 10.1 Å².